The summed E-state index contributed by atoms with van der Waals surface area (Å²) in [5, 5.41) is 2.00. The molecule has 0 saturated carbocycles. The van der Waals surface area contributed by atoms with E-state index in [2.05, 4.69) is 10.3 Å². The molecule has 22 heavy (non-hydrogen) atoms. The molecule has 2 aliphatic heterocycles. The number of piperazine rings is 1. The van der Waals surface area contributed by atoms with Crippen LogP contribution in [0.4, 0.5) is 4.79 Å². The second-order valence-electron chi connectivity index (χ2n) is 6.08. The SMILES string of the molecule is CC(C)(C)OC(=O)N1CCN(C2(Cl)N=C(Cl)NC=C2Cl)CC1. The van der Waals surface area contributed by atoms with E-state index < -0.39 is 10.7 Å². The smallest absolute Gasteiger partial charge is 0.410 e. The zero-order valence-corrected chi connectivity index (χ0v) is 15.0. The summed E-state index contributed by atoms with van der Waals surface area (Å²) >= 11 is 18.6. The van der Waals surface area contributed by atoms with Crippen LogP contribution >= 0.6 is 34.8 Å². The molecule has 0 spiro atoms. The molecule has 1 unspecified atom stereocenters. The van der Waals surface area contributed by atoms with Crippen LogP contribution in [0.15, 0.2) is 16.2 Å². The van der Waals surface area contributed by atoms with Gasteiger partial charge < -0.3 is 15.0 Å². The van der Waals surface area contributed by atoms with Gasteiger partial charge in [0.15, 0.2) is 5.29 Å². The number of nitrogens with one attached hydrogen (secondary N) is 1. The summed E-state index contributed by atoms with van der Waals surface area (Å²) in [5.41, 5.74) is -0.513. The summed E-state index contributed by atoms with van der Waals surface area (Å²) < 4.78 is 5.36. The minimum atomic E-state index is -1.22. The highest BCUT2D eigenvalue weighted by molar-refractivity contribution is 6.65. The molecule has 1 amide bonds. The Labute approximate surface area is 145 Å². The van der Waals surface area contributed by atoms with Crippen molar-refractivity contribution in [3.8, 4) is 0 Å². The first-order chi connectivity index (χ1) is 10.1. The summed E-state index contributed by atoms with van der Waals surface area (Å²) in [6.45, 7) is 7.50. The Hall–Kier alpha value is -0.690. The second kappa shape index (κ2) is 6.43. The maximum absolute atomic E-state index is 12.0. The molecule has 124 valence electrons. The van der Waals surface area contributed by atoms with Gasteiger partial charge in [0.25, 0.3) is 0 Å². The van der Waals surface area contributed by atoms with E-state index in [4.69, 9.17) is 39.5 Å². The van der Waals surface area contributed by atoms with Crippen LogP contribution in [-0.4, -0.2) is 58.1 Å². The van der Waals surface area contributed by atoms with E-state index in [1.807, 2.05) is 25.7 Å². The number of hydrogen-bond acceptors (Lipinski definition) is 5. The highest BCUT2D eigenvalue weighted by atomic mass is 35.5. The molecule has 0 aromatic carbocycles. The Balaban J connectivity index is 1.99. The van der Waals surface area contributed by atoms with Crippen molar-refractivity contribution in [2.45, 2.75) is 31.5 Å². The number of aliphatic imine (C=N–C) groups is 1. The van der Waals surface area contributed by atoms with Crippen LogP contribution in [0.5, 0.6) is 0 Å². The average Bonchev–Trinajstić information content (AvgIpc) is 2.41. The van der Waals surface area contributed by atoms with Crippen LogP contribution < -0.4 is 5.32 Å². The molecule has 9 heteroatoms. The van der Waals surface area contributed by atoms with Crippen LogP contribution in [0.25, 0.3) is 0 Å². The maximum atomic E-state index is 12.0. The monoisotopic (exact) mass is 368 g/mol. The lowest BCUT2D eigenvalue weighted by Crippen LogP contribution is -2.57. The number of halogens is 3. The molecule has 1 N–H and O–H groups in total. The third kappa shape index (κ3) is 3.98. The summed E-state index contributed by atoms with van der Waals surface area (Å²) in [5.74, 6) is 0. The Morgan fingerprint density at radius 2 is 1.91 bits per heavy atom. The first kappa shape index (κ1) is 17.7. The van der Waals surface area contributed by atoms with Crippen molar-refractivity contribution in [3.05, 3.63) is 11.2 Å². The number of alkyl halides is 1. The molecule has 2 aliphatic rings. The standard InChI is InChI=1S/C13H19Cl3N4O2/c1-12(2,3)22-11(21)19-4-6-20(7-5-19)13(16)9(14)8-17-10(15)18-13/h8H,4-7H2,1-3H3,(H,17,18). The molecule has 0 aromatic heterocycles. The fourth-order valence-electron chi connectivity index (χ4n) is 2.16. The van der Waals surface area contributed by atoms with Crippen LogP contribution in [0.3, 0.4) is 0 Å². The summed E-state index contributed by atoms with van der Waals surface area (Å²) in [7, 11) is 0. The molecule has 1 fully saturated rings. The molecule has 0 bridgehead atoms. The summed E-state index contributed by atoms with van der Waals surface area (Å²) in [6, 6.07) is 0. The molecule has 1 atom stereocenters. The van der Waals surface area contributed by atoms with Gasteiger partial charge in [0.05, 0.1) is 5.03 Å². The van der Waals surface area contributed by atoms with E-state index in [1.165, 1.54) is 6.20 Å². The maximum Gasteiger partial charge on any atom is 0.410 e. The molecule has 0 radical (unpaired) electrons. The number of nitrogens with zero attached hydrogens (tertiary/aromatic N) is 3. The van der Waals surface area contributed by atoms with Gasteiger partial charge in [-0.1, -0.05) is 23.2 Å². The molecule has 1 saturated heterocycles. The Morgan fingerprint density at radius 3 is 2.45 bits per heavy atom. The quantitative estimate of drug-likeness (QED) is 0.570. The number of carbonyl (C=O) groups is 1. The van der Waals surface area contributed by atoms with Crippen molar-refractivity contribution in [2.75, 3.05) is 26.2 Å². The van der Waals surface area contributed by atoms with Gasteiger partial charge in [0.1, 0.15) is 5.60 Å². The number of amidine groups is 1. The molecular weight excluding hydrogens is 351 g/mol. The van der Waals surface area contributed by atoms with Crippen LogP contribution in [0.2, 0.25) is 0 Å². The first-order valence-corrected chi connectivity index (χ1v) is 8.05. The number of ether oxygens (including phenoxy) is 1. The molecule has 6 nitrogen and oxygen atoms in total. The van der Waals surface area contributed by atoms with Gasteiger partial charge in [-0.15, -0.1) is 0 Å². The predicted octanol–water partition coefficient (Wildman–Crippen LogP) is 2.71. The lowest BCUT2D eigenvalue weighted by atomic mass is 10.2. The largest absolute Gasteiger partial charge is 0.444 e. The molecule has 0 aromatic rings. The number of hydrogen-bond donors (Lipinski definition) is 1. The minimum absolute atomic E-state index is 0.175. The Morgan fingerprint density at radius 1 is 1.32 bits per heavy atom. The van der Waals surface area contributed by atoms with E-state index in [1.54, 1.807) is 4.90 Å². The van der Waals surface area contributed by atoms with Gasteiger partial charge in [0, 0.05) is 32.4 Å². The van der Waals surface area contributed by atoms with Crippen molar-refractivity contribution < 1.29 is 9.53 Å². The van der Waals surface area contributed by atoms with E-state index in [-0.39, 0.29) is 11.4 Å². The van der Waals surface area contributed by atoms with Crippen molar-refractivity contribution in [2.24, 2.45) is 4.99 Å². The number of carbonyl (C=O) groups excluding carboxylic acids is 1. The average molecular weight is 370 g/mol. The van der Waals surface area contributed by atoms with E-state index in [9.17, 15) is 4.79 Å². The highest BCUT2D eigenvalue weighted by Gasteiger charge is 2.42. The van der Waals surface area contributed by atoms with Crippen molar-refractivity contribution in [3.63, 3.8) is 0 Å². The zero-order chi connectivity index (χ0) is 16.5. The molecule has 2 heterocycles. The van der Waals surface area contributed by atoms with Gasteiger partial charge in [-0.2, -0.15) is 0 Å². The summed E-state index contributed by atoms with van der Waals surface area (Å²) in [4.78, 5) is 19.7. The van der Waals surface area contributed by atoms with Crippen molar-refractivity contribution in [1.29, 1.82) is 0 Å². The third-order valence-electron chi connectivity index (χ3n) is 3.22. The fraction of sp³-hybridized carbons (Fsp3) is 0.692. The van der Waals surface area contributed by atoms with Gasteiger partial charge in [-0.25, -0.2) is 9.79 Å². The van der Waals surface area contributed by atoms with Gasteiger partial charge >= 0.3 is 6.09 Å². The zero-order valence-electron chi connectivity index (χ0n) is 12.7. The van der Waals surface area contributed by atoms with Gasteiger partial charge in [0.2, 0.25) is 5.12 Å². The van der Waals surface area contributed by atoms with E-state index in [0.29, 0.717) is 31.2 Å². The lowest BCUT2D eigenvalue weighted by Gasteiger charge is -2.42. The van der Waals surface area contributed by atoms with E-state index >= 15 is 0 Å². The molecule has 0 aliphatic carbocycles. The van der Waals surface area contributed by atoms with Gasteiger partial charge in [-0.05, 0) is 32.4 Å². The van der Waals surface area contributed by atoms with Crippen LogP contribution in [-0.2, 0) is 4.74 Å². The number of amides is 1. The molecule has 2 rings (SSSR count). The Kier molecular flexibility index (Phi) is 5.16. The van der Waals surface area contributed by atoms with Crippen molar-refractivity contribution in [1.82, 2.24) is 15.1 Å². The number of rotatable bonds is 1. The fourth-order valence-corrected chi connectivity index (χ4v) is 2.91. The predicted molar refractivity (Wildman–Crippen MR) is 88.3 cm³/mol. The highest BCUT2D eigenvalue weighted by Crippen LogP contribution is 2.36. The third-order valence-corrected chi connectivity index (χ3v) is 4.41. The van der Waals surface area contributed by atoms with Crippen LogP contribution in [0, 0.1) is 0 Å². The Bertz CT molecular complexity index is 510. The normalized spacial score (nSPS) is 26.9. The lowest BCUT2D eigenvalue weighted by molar-refractivity contribution is 0.0103. The van der Waals surface area contributed by atoms with Gasteiger partial charge in [-0.3, -0.25) is 4.90 Å². The second-order valence-corrected chi connectivity index (χ2v) is 7.37. The topological polar surface area (TPSA) is 57.2 Å². The van der Waals surface area contributed by atoms with Crippen molar-refractivity contribution >= 4 is 46.2 Å². The molecular formula is C13H19Cl3N4O2. The first-order valence-electron chi connectivity index (χ1n) is 6.92. The summed E-state index contributed by atoms with van der Waals surface area (Å²) in [6.07, 6.45) is 1.19. The van der Waals surface area contributed by atoms with E-state index in [0.717, 1.165) is 0 Å². The van der Waals surface area contributed by atoms with Crippen LogP contribution in [0.1, 0.15) is 20.8 Å². The minimum Gasteiger partial charge on any atom is -0.444 e.